The average molecular weight is 709 g/mol. The zero-order valence-corrected chi connectivity index (χ0v) is 27.6. The molecule has 3 atom stereocenters. The minimum absolute atomic E-state index is 0.0475. The van der Waals surface area contributed by atoms with Gasteiger partial charge in [-0.05, 0) is 70.4 Å². The summed E-state index contributed by atoms with van der Waals surface area (Å²) in [4.78, 5) is 54.5. The molecule has 13 nitrogen and oxygen atoms in total. The van der Waals surface area contributed by atoms with Crippen molar-refractivity contribution in [3.63, 3.8) is 0 Å². The van der Waals surface area contributed by atoms with Crippen LogP contribution in [0.15, 0.2) is 47.3 Å². The average Bonchev–Trinajstić information content (AvgIpc) is 3.35. The van der Waals surface area contributed by atoms with E-state index >= 15 is 0 Å². The number of benzene rings is 1. The van der Waals surface area contributed by atoms with Crippen LogP contribution in [0.5, 0.6) is 6.01 Å². The Balaban J connectivity index is 1.12. The van der Waals surface area contributed by atoms with Gasteiger partial charge in [-0.2, -0.15) is 5.10 Å². The number of aromatic nitrogens is 5. The normalized spacial score (nSPS) is 23.1. The fourth-order valence-corrected chi connectivity index (χ4v) is 7.88. The number of nitrogens with zero attached hydrogens (tertiary/aromatic N) is 6. The number of sulfone groups is 1. The van der Waals surface area contributed by atoms with Crippen LogP contribution in [0.1, 0.15) is 42.7 Å². The van der Waals surface area contributed by atoms with E-state index in [0.29, 0.717) is 33.3 Å². The van der Waals surface area contributed by atoms with Gasteiger partial charge in [-0.25, -0.2) is 23.4 Å². The minimum atomic E-state index is -3.03. The number of ketones is 1. The minimum Gasteiger partial charge on any atom is -0.458 e. The molecule has 1 aliphatic carbocycles. The summed E-state index contributed by atoms with van der Waals surface area (Å²) in [6.45, 7) is 5.23. The van der Waals surface area contributed by atoms with E-state index in [9.17, 15) is 22.8 Å². The van der Waals surface area contributed by atoms with Gasteiger partial charge in [-0.3, -0.25) is 19.1 Å². The lowest BCUT2D eigenvalue weighted by molar-refractivity contribution is -0.138. The quantitative estimate of drug-likeness (QED) is 0.212. The number of halogens is 1. The SMILES string of the molecule is CC(=O)c1nn(CC(=O)N2[C@H](C(=O)Nc3nc(Br)ccc3C)C[C@@]3(C)C[C@@H]23)c2ccc(-c3cnc(OC4CS(=O)(=O)C4)nc3)cc12. The number of Topliss-reactive ketones (excluding diaryl/α,β-unsaturated/α-hetero) is 1. The van der Waals surface area contributed by atoms with Gasteiger partial charge in [-0.15, -0.1) is 0 Å². The van der Waals surface area contributed by atoms with Crippen molar-refractivity contribution in [3.05, 3.63) is 58.6 Å². The molecule has 0 unspecified atom stereocenters. The van der Waals surface area contributed by atoms with Crippen LogP contribution in [0.4, 0.5) is 5.82 Å². The summed E-state index contributed by atoms with van der Waals surface area (Å²) in [5.74, 6) is -0.455. The van der Waals surface area contributed by atoms with Gasteiger partial charge in [-0.1, -0.05) is 19.1 Å². The number of ether oxygens (including phenoxy) is 1. The number of amides is 2. The summed E-state index contributed by atoms with van der Waals surface area (Å²) in [5.41, 5.74) is 2.89. The van der Waals surface area contributed by atoms with Crippen LogP contribution in [-0.2, 0) is 26.0 Å². The predicted molar refractivity (Wildman–Crippen MR) is 171 cm³/mol. The number of anilines is 1. The first-order valence-corrected chi connectivity index (χ1v) is 17.4. The van der Waals surface area contributed by atoms with E-state index in [1.165, 1.54) is 11.6 Å². The summed E-state index contributed by atoms with van der Waals surface area (Å²) >= 11 is 3.35. The van der Waals surface area contributed by atoms with Crippen LogP contribution in [0.25, 0.3) is 22.0 Å². The van der Waals surface area contributed by atoms with E-state index in [0.717, 1.165) is 17.5 Å². The highest BCUT2D eigenvalue weighted by molar-refractivity contribution is 9.10. The summed E-state index contributed by atoms with van der Waals surface area (Å²) in [6, 6.07) is 8.45. The molecule has 1 saturated carbocycles. The molecule has 2 aliphatic heterocycles. The number of hydrogen-bond donors (Lipinski definition) is 1. The Hall–Kier alpha value is -4.24. The first-order valence-electron chi connectivity index (χ1n) is 14.8. The number of nitrogens with one attached hydrogen (secondary N) is 1. The van der Waals surface area contributed by atoms with Crippen LogP contribution in [0, 0.1) is 12.3 Å². The molecule has 3 aliphatic rings. The third-order valence-corrected chi connectivity index (χ3v) is 11.2. The van der Waals surface area contributed by atoms with E-state index < -0.39 is 22.0 Å². The van der Waals surface area contributed by atoms with Gasteiger partial charge in [0.2, 0.25) is 11.8 Å². The van der Waals surface area contributed by atoms with Gasteiger partial charge < -0.3 is 15.0 Å². The smallest absolute Gasteiger partial charge is 0.316 e. The highest BCUT2D eigenvalue weighted by atomic mass is 79.9. The summed E-state index contributed by atoms with van der Waals surface area (Å²) in [5, 5.41) is 8.01. The van der Waals surface area contributed by atoms with E-state index in [1.54, 1.807) is 35.5 Å². The molecule has 3 aromatic heterocycles. The predicted octanol–water partition coefficient (Wildman–Crippen LogP) is 3.36. The third-order valence-electron chi connectivity index (χ3n) is 9.01. The molecule has 4 aromatic rings. The monoisotopic (exact) mass is 707 g/mol. The summed E-state index contributed by atoms with van der Waals surface area (Å²) in [7, 11) is -3.03. The fraction of sp³-hybridized carbons (Fsp3) is 0.387. The van der Waals surface area contributed by atoms with Crippen molar-refractivity contribution in [1.29, 1.82) is 0 Å². The number of carbonyl (C=O) groups is 3. The molecular formula is C31H30BrN7O6S. The van der Waals surface area contributed by atoms with Gasteiger partial charge in [0.1, 0.15) is 34.8 Å². The van der Waals surface area contributed by atoms with Crippen molar-refractivity contribution in [2.24, 2.45) is 5.41 Å². The summed E-state index contributed by atoms with van der Waals surface area (Å²) in [6.07, 6.45) is 4.05. The number of rotatable bonds is 8. The van der Waals surface area contributed by atoms with E-state index in [2.05, 4.69) is 48.2 Å². The van der Waals surface area contributed by atoms with Crippen LogP contribution in [-0.4, -0.2) is 85.3 Å². The molecular weight excluding hydrogens is 678 g/mol. The third kappa shape index (κ3) is 5.55. The van der Waals surface area contributed by atoms with Crippen LogP contribution in [0.3, 0.4) is 0 Å². The number of hydrogen-bond acceptors (Lipinski definition) is 10. The van der Waals surface area contributed by atoms with Gasteiger partial charge in [0.05, 0.1) is 17.0 Å². The number of pyridine rings is 1. The molecule has 7 rings (SSSR count). The number of aryl methyl sites for hydroxylation is 1. The van der Waals surface area contributed by atoms with Crippen molar-refractivity contribution in [2.75, 3.05) is 16.8 Å². The fourth-order valence-electron chi connectivity index (χ4n) is 6.40. The Morgan fingerprint density at radius 2 is 1.83 bits per heavy atom. The number of carbonyl (C=O) groups excluding carboxylic acids is 3. The lowest BCUT2D eigenvalue weighted by atomic mass is 10.0. The Morgan fingerprint density at radius 1 is 1.09 bits per heavy atom. The zero-order valence-electron chi connectivity index (χ0n) is 25.2. The lowest BCUT2D eigenvalue weighted by Gasteiger charge is -2.27. The topological polar surface area (TPSA) is 166 Å². The standard InChI is InChI=1S/C31H30BrN7O6S/c1-16-4-7-25(32)35-28(16)36-29(42)23-9-31(3)10-24(31)39(23)26(41)13-38-22-6-5-18(8-21(22)27(37-38)17(2)40)19-11-33-30(34-12-19)45-20-14-46(43,44)15-20/h4-8,11-12,20,23-24H,9-10,13-15H2,1-3H3,(H,35,36,42)/t23-,24+,31-/m0/s1. The van der Waals surface area contributed by atoms with Crippen LogP contribution < -0.4 is 10.1 Å². The number of piperidine rings is 1. The summed E-state index contributed by atoms with van der Waals surface area (Å²) < 4.78 is 30.4. The van der Waals surface area contributed by atoms with E-state index in [1.807, 2.05) is 19.1 Å². The maximum Gasteiger partial charge on any atom is 0.316 e. The Labute approximate surface area is 272 Å². The van der Waals surface area contributed by atoms with Gasteiger partial charge in [0, 0.05) is 36.3 Å². The van der Waals surface area contributed by atoms with Crippen molar-refractivity contribution >= 4 is 60.1 Å². The van der Waals surface area contributed by atoms with Gasteiger partial charge in [0.15, 0.2) is 15.6 Å². The molecule has 0 spiro atoms. The molecule has 0 radical (unpaired) electrons. The Bertz CT molecular complexity index is 2040. The first-order chi connectivity index (χ1) is 21.8. The number of likely N-dealkylation sites (tertiary alicyclic amines) is 1. The maximum atomic E-state index is 13.9. The molecule has 46 heavy (non-hydrogen) atoms. The largest absolute Gasteiger partial charge is 0.458 e. The van der Waals surface area contributed by atoms with E-state index in [-0.39, 0.29) is 58.8 Å². The molecule has 1 aromatic carbocycles. The van der Waals surface area contributed by atoms with E-state index in [4.69, 9.17) is 4.74 Å². The highest BCUT2D eigenvalue weighted by Crippen LogP contribution is 2.59. The van der Waals surface area contributed by atoms with Gasteiger partial charge >= 0.3 is 6.01 Å². The van der Waals surface area contributed by atoms with Crippen molar-refractivity contribution in [1.82, 2.24) is 29.6 Å². The van der Waals surface area contributed by atoms with Gasteiger partial charge in [0.25, 0.3) is 0 Å². The Kier molecular flexibility index (Phi) is 7.23. The molecule has 2 saturated heterocycles. The zero-order chi connectivity index (χ0) is 32.5. The molecule has 0 bridgehead atoms. The highest BCUT2D eigenvalue weighted by Gasteiger charge is 2.64. The number of fused-ring (bicyclic) bond motifs is 2. The molecule has 1 N–H and O–H groups in total. The second-order valence-corrected chi connectivity index (χ2v) is 15.5. The molecule has 3 fully saturated rings. The van der Waals surface area contributed by atoms with Crippen molar-refractivity contribution in [3.8, 4) is 17.1 Å². The van der Waals surface area contributed by atoms with Crippen LogP contribution in [0.2, 0.25) is 0 Å². The molecule has 2 amide bonds. The molecule has 5 heterocycles. The van der Waals surface area contributed by atoms with Crippen LogP contribution >= 0.6 is 15.9 Å². The first kappa shape index (κ1) is 30.4. The van der Waals surface area contributed by atoms with Crippen molar-refractivity contribution in [2.45, 2.75) is 58.3 Å². The lowest BCUT2D eigenvalue weighted by Crippen LogP contribution is -2.47. The second kappa shape index (κ2) is 10.9. The Morgan fingerprint density at radius 3 is 2.52 bits per heavy atom. The molecule has 238 valence electrons. The molecule has 15 heteroatoms. The maximum absolute atomic E-state index is 13.9. The van der Waals surface area contributed by atoms with Crippen molar-refractivity contribution < 1.29 is 27.5 Å². The second-order valence-electron chi connectivity index (χ2n) is 12.5.